The summed E-state index contributed by atoms with van der Waals surface area (Å²) in [6.45, 7) is 0. The van der Waals surface area contributed by atoms with Gasteiger partial charge < -0.3 is 0 Å². The third-order valence-electron chi connectivity index (χ3n) is 0. The fourth-order valence-electron chi connectivity index (χ4n) is 0. The van der Waals surface area contributed by atoms with Crippen molar-refractivity contribution in [2.24, 2.45) is 0 Å². The van der Waals surface area contributed by atoms with Gasteiger partial charge in [-0.25, -0.2) is 0 Å². The number of hydrogen-bond acceptors (Lipinski definition) is 2. The average Bonchev–Trinajstić information content (AvgIpc) is 0.918. The molecule has 0 radical (unpaired) electrons. The van der Waals surface area contributed by atoms with E-state index in [2.05, 4.69) is 0 Å². The Hall–Kier alpha value is 1.82. The third kappa shape index (κ3) is 25.6. The van der Waals surface area contributed by atoms with Gasteiger partial charge in [-0.1, -0.05) is 0 Å². The molecule has 0 saturated carbocycles. The van der Waals surface area contributed by atoms with Crippen LogP contribution in [0.1, 0.15) is 0 Å². The van der Waals surface area contributed by atoms with E-state index in [9.17, 15) is 0 Å². The SMILES string of the molecule is O=S=O.[NaH].[NaH]. The molecule has 0 aromatic heterocycles. The van der Waals surface area contributed by atoms with Crippen LogP contribution in [-0.4, -0.2) is 67.5 Å². The van der Waals surface area contributed by atoms with Gasteiger partial charge >= 0.3 is 70.7 Å². The van der Waals surface area contributed by atoms with Crippen LogP contribution < -0.4 is 0 Å². The topological polar surface area (TPSA) is 34.1 Å². The predicted octanol–water partition coefficient (Wildman–Crippen LogP) is -1.97. The minimum atomic E-state index is -0.750. The second kappa shape index (κ2) is 17.0. The summed E-state index contributed by atoms with van der Waals surface area (Å²) in [5, 5.41) is 0. The van der Waals surface area contributed by atoms with Crippen LogP contribution in [0.3, 0.4) is 0 Å². The molecule has 0 aromatic rings. The Labute approximate surface area is 77.9 Å². The van der Waals surface area contributed by atoms with Gasteiger partial charge in [-0.2, -0.15) is 8.42 Å². The fraction of sp³-hybridized carbons (Fsp3) is 0. The molecule has 0 spiro atoms. The van der Waals surface area contributed by atoms with Gasteiger partial charge in [0.25, 0.3) is 0 Å². The van der Waals surface area contributed by atoms with Gasteiger partial charge in [-0.05, 0) is 0 Å². The molecule has 0 bridgehead atoms. The average molecular weight is 112 g/mol. The van der Waals surface area contributed by atoms with E-state index in [0.29, 0.717) is 0 Å². The molecule has 0 fully saturated rings. The first kappa shape index (κ1) is 15.8. The molecule has 0 amide bonds. The van der Waals surface area contributed by atoms with Crippen LogP contribution in [0, 0.1) is 0 Å². The zero-order chi connectivity index (χ0) is 2.71. The summed E-state index contributed by atoms with van der Waals surface area (Å²) in [7, 11) is 0. The van der Waals surface area contributed by atoms with Gasteiger partial charge in [0.05, 0.1) is 0 Å². The van der Waals surface area contributed by atoms with Gasteiger partial charge in [-0.3, -0.25) is 0 Å². The first-order valence-corrected chi connectivity index (χ1v) is 1.00. The molecule has 0 aliphatic rings. The molecular formula is H2Na2O2S. The number of hydrogen-bond donors (Lipinski definition) is 0. The molecule has 22 valence electrons. The van der Waals surface area contributed by atoms with Crippen molar-refractivity contribution in [1.82, 2.24) is 0 Å². The number of rotatable bonds is 0. The minimum absolute atomic E-state index is 0. The monoisotopic (exact) mass is 112 g/mol. The van der Waals surface area contributed by atoms with Crippen molar-refractivity contribution in [2.45, 2.75) is 0 Å². The molecule has 5 heavy (non-hydrogen) atoms. The quantitative estimate of drug-likeness (QED) is 0.341. The summed E-state index contributed by atoms with van der Waals surface area (Å²) in [6, 6.07) is 0. The molecular weight excluding hydrogens is 110 g/mol. The van der Waals surface area contributed by atoms with E-state index >= 15 is 0 Å². The molecule has 2 nitrogen and oxygen atoms in total. The molecule has 0 unspecified atom stereocenters. The summed E-state index contributed by atoms with van der Waals surface area (Å²) in [6.07, 6.45) is 0. The summed E-state index contributed by atoms with van der Waals surface area (Å²) >= 11 is -0.750. The standard InChI is InChI=1S/2Na.O2S.2H/c;;1-3-2;;. The Bertz CT molecular complexity index is 28.6. The van der Waals surface area contributed by atoms with Crippen molar-refractivity contribution in [3.8, 4) is 0 Å². The first-order chi connectivity index (χ1) is 1.41. The molecule has 0 heterocycles. The van der Waals surface area contributed by atoms with E-state index in [1.807, 2.05) is 0 Å². The molecule has 0 rings (SSSR count). The molecule has 0 atom stereocenters. The van der Waals surface area contributed by atoms with Crippen molar-refractivity contribution in [1.29, 1.82) is 0 Å². The van der Waals surface area contributed by atoms with Gasteiger partial charge in [0.2, 0.25) is 0 Å². The predicted molar refractivity (Wildman–Crippen MR) is 23.2 cm³/mol. The Morgan fingerprint density at radius 3 is 1.00 bits per heavy atom. The molecule has 0 aliphatic heterocycles. The second-order valence-electron chi connectivity index (χ2n) is 0.0680. The van der Waals surface area contributed by atoms with Crippen LogP contribution in [0.5, 0.6) is 0 Å². The van der Waals surface area contributed by atoms with Crippen molar-refractivity contribution in [3.05, 3.63) is 0 Å². The van der Waals surface area contributed by atoms with Crippen molar-refractivity contribution < 1.29 is 8.42 Å². The van der Waals surface area contributed by atoms with E-state index in [1.165, 1.54) is 0 Å². The van der Waals surface area contributed by atoms with Crippen molar-refractivity contribution >= 4 is 70.7 Å². The van der Waals surface area contributed by atoms with Crippen LogP contribution in [-0.2, 0) is 11.6 Å². The Kier molecular flexibility index (Phi) is 53.8. The van der Waals surface area contributed by atoms with Crippen molar-refractivity contribution in [2.75, 3.05) is 0 Å². The summed E-state index contributed by atoms with van der Waals surface area (Å²) in [4.78, 5) is 0. The van der Waals surface area contributed by atoms with Gasteiger partial charge in [0.15, 0.2) is 0 Å². The van der Waals surface area contributed by atoms with E-state index in [4.69, 9.17) is 8.42 Å². The van der Waals surface area contributed by atoms with Crippen LogP contribution in [0.15, 0.2) is 0 Å². The summed E-state index contributed by atoms with van der Waals surface area (Å²) in [5.41, 5.74) is 0. The Morgan fingerprint density at radius 2 is 1.00 bits per heavy atom. The van der Waals surface area contributed by atoms with E-state index in [0.717, 1.165) is 0 Å². The summed E-state index contributed by atoms with van der Waals surface area (Å²) < 4.78 is 16.6. The van der Waals surface area contributed by atoms with Crippen LogP contribution in [0.25, 0.3) is 0 Å². The van der Waals surface area contributed by atoms with Crippen LogP contribution in [0.4, 0.5) is 0 Å². The van der Waals surface area contributed by atoms with Gasteiger partial charge in [0, 0.05) is 0 Å². The molecule has 0 saturated heterocycles. The fourth-order valence-corrected chi connectivity index (χ4v) is 0. The van der Waals surface area contributed by atoms with E-state index in [-0.39, 0.29) is 59.1 Å². The maximum absolute atomic E-state index is 8.29. The Balaban J connectivity index is -0.0000000200. The van der Waals surface area contributed by atoms with Crippen LogP contribution in [0.2, 0.25) is 0 Å². The molecule has 0 aromatic carbocycles. The Morgan fingerprint density at radius 1 is 1.00 bits per heavy atom. The molecule has 0 aliphatic carbocycles. The first-order valence-electron chi connectivity index (χ1n) is 0.333. The zero-order valence-electron chi connectivity index (χ0n) is 1.22. The van der Waals surface area contributed by atoms with Gasteiger partial charge in [-0.15, -0.1) is 0 Å². The van der Waals surface area contributed by atoms with Gasteiger partial charge in [0.1, 0.15) is 0 Å². The molecule has 0 N–H and O–H groups in total. The van der Waals surface area contributed by atoms with Crippen LogP contribution >= 0.6 is 0 Å². The normalized spacial score (nSPS) is 2.40. The van der Waals surface area contributed by atoms with E-state index < -0.39 is 11.6 Å². The maximum atomic E-state index is 8.29. The summed E-state index contributed by atoms with van der Waals surface area (Å²) in [5.74, 6) is 0. The van der Waals surface area contributed by atoms with Crippen molar-refractivity contribution in [3.63, 3.8) is 0 Å². The zero-order valence-corrected chi connectivity index (χ0v) is 2.04. The second-order valence-corrected chi connectivity index (χ2v) is 0.204. The molecule has 5 heteroatoms. The van der Waals surface area contributed by atoms with E-state index in [1.54, 1.807) is 0 Å². The third-order valence-corrected chi connectivity index (χ3v) is 0.